The largest absolute Gasteiger partial charge is 0.507 e. The molecule has 4 nitrogen and oxygen atoms in total. The molecule has 6 aromatic carbocycles. The van der Waals surface area contributed by atoms with E-state index in [4.69, 9.17) is 21.4 Å². The number of phenols is 1. The first-order chi connectivity index (χ1) is 32.5. The van der Waals surface area contributed by atoms with E-state index in [9.17, 15) is 6.48 Å². The van der Waals surface area contributed by atoms with E-state index in [0.29, 0.717) is 55.9 Å². The summed E-state index contributed by atoms with van der Waals surface area (Å²) in [4.78, 5) is 9.80. The van der Waals surface area contributed by atoms with Gasteiger partial charge in [-0.3, -0.25) is 9.55 Å². The van der Waals surface area contributed by atoms with Gasteiger partial charge >= 0.3 is 0 Å². The molecule has 8 rings (SSSR count). The molecule has 0 atom stereocenters. The molecule has 0 saturated carbocycles. The normalized spacial score (nSPS) is 15.7. The van der Waals surface area contributed by atoms with Crippen LogP contribution in [-0.2, 0) is 10.8 Å². The lowest BCUT2D eigenvalue weighted by Crippen LogP contribution is -2.12. The molecular weight excluding hydrogens is 695 g/mol. The summed E-state index contributed by atoms with van der Waals surface area (Å²) in [5.41, 5.74) is 4.90. The fourth-order valence-electron chi connectivity index (χ4n) is 7.23. The van der Waals surface area contributed by atoms with Crippen molar-refractivity contribution in [2.75, 3.05) is 0 Å². The van der Waals surface area contributed by atoms with Gasteiger partial charge < -0.3 is 5.11 Å². The van der Waals surface area contributed by atoms with Crippen LogP contribution in [0.3, 0.4) is 0 Å². The number of aromatic nitrogens is 3. The molecule has 0 saturated heterocycles. The maximum absolute atomic E-state index is 12.2. The molecule has 0 aliphatic heterocycles. The number of fused-ring (bicyclic) bond motifs is 1. The number of hydrogen-bond donors (Lipinski definition) is 1. The third-order valence-electron chi connectivity index (χ3n) is 10.2. The molecule has 0 amide bonds. The van der Waals surface area contributed by atoms with Crippen LogP contribution in [0.4, 0.5) is 0 Å². The van der Waals surface area contributed by atoms with Gasteiger partial charge in [0, 0.05) is 36.7 Å². The summed E-state index contributed by atoms with van der Waals surface area (Å²) in [6.07, 6.45) is -0.600. The van der Waals surface area contributed by atoms with Crippen molar-refractivity contribution in [3.8, 4) is 67.5 Å². The van der Waals surface area contributed by atoms with Gasteiger partial charge in [-0.2, -0.15) is 0 Å². The molecule has 284 valence electrons. The Labute approximate surface area is 355 Å². The number of aryl methyl sites for hydroxylation is 2. The van der Waals surface area contributed by atoms with E-state index in [2.05, 4.69) is 4.98 Å². The topological polar surface area (TPSA) is 50.9 Å². The SMILES string of the molecule is [2H]c1nc(-c2cc(-c3cccc4c3nc(-c3cc(C)cc(C(C)(C)C)c3O)n4-c3ccc(C([2H])([2H])[2H])cc3-c3ccccc3)cc(C(C)(C)C)c2)c([2H])c(-c2c([2H])c([2H])c(C([2H])([2H])[2H])c([2H])c2[2H])c1[2H]. The molecule has 4 heteroatoms. The Hall–Kier alpha value is -6.26. The van der Waals surface area contributed by atoms with Gasteiger partial charge in [0.05, 0.1) is 37.6 Å². The fraction of sp³-hybridized carbons (Fsp3) is 0.208. The lowest BCUT2D eigenvalue weighted by molar-refractivity contribution is 0.448. The van der Waals surface area contributed by atoms with Crippen LogP contribution in [-0.4, -0.2) is 19.6 Å². The minimum Gasteiger partial charge on any atom is -0.507 e. The van der Waals surface area contributed by atoms with Crippen LogP contribution in [0.2, 0.25) is 0 Å². The lowest BCUT2D eigenvalue weighted by atomic mass is 9.83. The number of phenolic OH excluding ortho intramolecular Hbond substituents is 1. The third kappa shape index (κ3) is 7.29. The maximum atomic E-state index is 12.2. The van der Waals surface area contributed by atoms with Gasteiger partial charge in [-0.05, 0) is 113 Å². The van der Waals surface area contributed by atoms with Gasteiger partial charge in [0.2, 0.25) is 0 Å². The van der Waals surface area contributed by atoms with Crippen LogP contribution in [0.15, 0.2) is 139 Å². The molecule has 0 radical (unpaired) electrons. The zero-order chi connectivity index (χ0) is 51.3. The second-order valence-electron chi connectivity index (χ2n) is 16.5. The highest BCUT2D eigenvalue weighted by Crippen LogP contribution is 2.44. The average molecular weight is 759 g/mol. The van der Waals surface area contributed by atoms with Crippen molar-refractivity contribution < 1.29 is 22.9 Å². The summed E-state index contributed by atoms with van der Waals surface area (Å²) in [6, 6.07) is 25.3. The Morgan fingerprint density at radius 3 is 2.07 bits per heavy atom. The number of para-hydroxylation sites is 1. The van der Waals surface area contributed by atoms with E-state index >= 15 is 0 Å². The number of benzene rings is 6. The predicted octanol–water partition coefficient (Wildman–Crippen LogP) is 14.0. The second kappa shape index (κ2) is 14.4. The van der Waals surface area contributed by atoms with Crippen molar-refractivity contribution in [1.82, 2.24) is 14.5 Å². The van der Waals surface area contributed by atoms with Crippen LogP contribution < -0.4 is 0 Å². The van der Waals surface area contributed by atoms with Crippen molar-refractivity contribution in [1.29, 1.82) is 0 Å². The molecule has 2 aromatic heterocycles. The monoisotopic (exact) mass is 758 g/mol. The van der Waals surface area contributed by atoms with Crippen LogP contribution in [0.25, 0.3) is 72.7 Å². The molecule has 0 bridgehead atoms. The number of nitrogens with zero attached hydrogens (tertiary/aromatic N) is 3. The van der Waals surface area contributed by atoms with Crippen molar-refractivity contribution in [3.05, 3.63) is 167 Å². The summed E-state index contributed by atoms with van der Waals surface area (Å²) in [5.74, 6) is 0.423. The molecule has 0 spiro atoms. The van der Waals surface area contributed by atoms with Crippen LogP contribution in [0.5, 0.6) is 5.75 Å². The Bertz CT molecular complexity index is 3390. The van der Waals surface area contributed by atoms with Crippen molar-refractivity contribution in [2.45, 2.75) is 73.0 Å². The van der Waals surface area contributed by atoms with E-state index in [1.807, 2.05) is 126 Å². The zero-order valence-electron chi connectivity index (χ0n) is 46.0. The standard InChI is InChI=1S/C53H51N3O/c1-33-18-21-36(22-19-33)38-24-25-54-46(32-38)40-29-39(30-41(31-40)52(4,5)6)42-16-13-17-48-49(42)55-51(44-27-35(3)28-45(50(44)57)53(7,8)9)56(48)47-23-20-34(2)26-43(47)37-14-11-10-12-15-37/h10-32,57H,1-9H3/i1D3,2D3,18D,19D,21D,22D,24D,25D,32D. The van der Waals surface area contributed by atoms with E-state index in [1.54, 1.807) is 24.3 Å². The Balaban J connectivity index is 1.46. The molecular formula is C53H51N3O. The molecule has 0 aliphatic rings. The summed E-state index contributed by atoms with van der Waals surface area (Å²) in [5, 5.41) is 12.2. The molecule has 8 aromatic rings. The van der Waals surface area contributed by atoms with Crippen LogP contribution >= 0.6 is 0 Å². The molecule has 2 heterocycles. The molecule has 0 aliphatic carbocycles. The van der Waals surface area contributed by atoms with E-state index < -0.39 is 83.7 Å². The Kier molecular flexibility index (Phi) is 6.32. The summed E-state index contributed by atoms with van der Waals surface area (Å²) >= 11 is 0. The van der Waals surface area contributed by atoms with Gasteiger partial charge in [-0.1, -0.05) is 138 Å². The van der Waals surface area contributed by atoms with Gasteiger partial charge in [0.15, 0.2) is 0 Å². The minimum absolute atomic E-state index is 0.0392. The fourth-order valence-corrected chi connectivity index (χ4v) is 7.23. The summed E-state index contributed by atoms with van der Waals surface area (Å²) in [7, 11) is 0. The molecule has 1 N–H and O–H groups in total. The van der Waals surface area contributed by atoms with Crippen molar-refractivity contribution in [3.63, 3.8) is 0 Å². The third-order valence-corrected chi connectivity index (χ3v) is 10.2. The number of imidazole rings is 1. The lowest BCUT2D eigenvalue weighted by Gasteiger charge is -2.23. The predicted molar refractivity (Wildman–Crippen MR) is 239 cm³/mol. The number of pyridine rings is 1. The van der Waals surface area contributed by atoms with Gasteiger partial charge in [0.25, 0.3) is 0 Å². The average Bonchev–Trinajstić information content (AvgIpc) is 3.66. The number of hydrogen-bond acceptors (Lipinski definition) is 3. The maximum Gasteiger partial charge on any atom is 0.149 e. The highest BCUT2D eigenvalue weighted by molar-refractivity contribution is 5.98. The highest BCUT2D eigenvalue weighted by atomic mass is 16.3. The number of aromatic hydroxyl groups is 1. The minimum atomic E-state index is -2.98. The number of rotatable bonds is 6. The Morgan fingerprint density at radius 2 is 1.35 bits per heavy atom. The quantitative estimate of drug-likeness (QED) is 0.184. The van der Waals surface area contributed by atoms with Gasteiger partial charge in [0.1, 0.15) is 11.6 Å². The van der Waals surface area contributed by atoms with Crippen molar-refractivity contribution in [2.24, 2.45) is 0 Å². The van der Waals surface area contributed by atoms with E-state index in [-0.39, 0.29) is 17.0 Å². The first-order valence-electron chi connectivity index (χ1n) is 25.3. The first kappa shape index (κ1) is 25.1. The Morgan fingerprint density at radius 1 is 0.614 bits per heavy atom. The van der Waals surface area contributed by atoms with E-state index in [1.165, 1.54) is 0 Å². The molecule has 0 unspecified atom stereocenters. The second-order valence-corrected chi connectivity index (χ2v) is 16.5. The van der Waals surface area contributed by atoms with Crippen molar-refractivity contribution >= 4 is 11.0 Å². The first-order valence-corrected chi connectivity index (χ1v) is 18.8. The highest BCUT2D eigenvalue weighted by Gasteiger charge is 2.27. The smallest absolute Gasteiger partial charge is 0.149 e. The molecule has 0 fully saturated rings. The van der Waals surface area contributed by atoms with Crippen LogP contribution in [0, 0.1) is 20.6 Å². The van der Waals surface area contributed by atoms with E-state index in [0.717, 1.165) is 16.7 Å². The molecule has 57 heavy (non-hydrogen) atoms. The van der Waals surface area contributed by atoms with Crippen LogP contribution in [0.1, 0.15) is 87.2 Å². The summed E-state index contributed by atoms with van der Waals surface area (Å²) in [6.45, 7) is 8.62. The van der Waals surface area contributed by atoms with Gasteiger partial charge in [-0.15, -0.1) is 0 Å². The van der Waals surface area contributed by atoms with Gasteiger partial charge in [-0.25, -0.2) is 4.98 Å². The zero-order valence-corrected chi connectivity index (χ0v) is 33.0. The summed E-state index contributed by atoms with van der Waals surface area (Å²) < 4.78 is 113.